The third-order valence-corrected chi connectivity index (χ3v) is 6.56. The maximum absolute atomic E-state index is 13.1. The van der Waals surface area contributed by atoms with Gasteiger partial charge < -0.3 is 10.6 Å². The van der Waals surface area contributed by atoms with E-state index in [4.69, 9.17) is 11.6 Å². The molecule has 0 saturated heterocycles. The summed E-state index contributed by atoms with van der Waals surface area (Å²) in [6, 6.07) is 8.44. The SMILES string of the molecule is CCN(CC)S(=O)(=O)c1ccc(C)c(NC(=O)CNc2ccc(F)cc2Cl)c1. The molecule has 0 spiro atoms. The lowest BCUT2D eigenvalue weighted by atomic mass is 10.2. The zero-order valence-electron chi connectivity index (χ0n) is 15.9. The predicted octanol–water partition coefficient (Wildman–Crippen LogP) is 3.87. The molecule has 2 aromatic rings. The van der Waals surface area contributed by atoms with Crippen molar-refractivity contribution in [2.75, 3.05) is 30.3 Å². The monoisotopic (exact) mass is 427 g/mol. The van der Waals surface area contributed by atoms with E-state index in [1.54, 1.807) is 26.8 Å². The summed E-state index contributed by atoms with van der Waals surface area (Å²) in [5.74, 6) is -0.859. The third kappa shape index (κ3) is 5.21. The minimum Gasteiger partial charge on any atom is -0.375 e. The number of amides is 1. The number of benzene rings is 2. The summed E-state index contributed by atoms with van der Waals surface area (Å²) in [4.78, 5) is 12.4. The van der Waals surface area contributed by atoms with Gasteiger partial charge in [0.15, 0.2) is 0 Å². The Bertz CT molecular complexity index is 963. The number of rotatable bonds is 8. The maximum atomic E-state index is 13.1. The Morgan fingerprint density at radius 3 is 2.39 bits per heavy atom. The van der Waals surface area contributed by atoms with Gasteiger partial charge in [-0.25, -0.2) is 12.8 Å². The number of nitrogens with one attached hydrogen (secondary N) is 2. The first-order chi connectivity index (χ1) is 13.2. The van der Waals surface area contributed by atoms with Crippen LogP contribution >= 0.6 is 11.6 Å². The summed E-state index contributed by atoms with van der Waals surface area (Å²) in [7, 11) is -3.63. The van der Waals surface area contributed by atoms with Crippen molar-refractivity contribution >= 4 is 38.9 Å². The molecule has 0 heterocycles. The Labute approximate surface area is 169 Å². The molecule has 2 rings (SSSR count). The second-order valence-corrected chi connectivity index (χ2v) is 8.44. The first-order valence-corrected chi connectivity index (χ1v) is 10.6. The molecule has 0 saturated carbocycles. The molecule has 0 unspecified atom stereocenters. The molecular weight excluding hydrogens is 405 g/mol. The van der Waals surface area contributed by atoms with Gasteiger partial charge in [-0.3, -0.25) is 4.79 Å². The normalized spacial score (nSPS) is 11.5. The number of hydrogen-bond donors (Lipinski definition) is 2. The second kappa shape index (κ2) is 9.36. The zero-order valence-corrected chi connectivity index (χ0v) is 17.5. The van der Waals surface area contributed by atoms with Crippen LogP contribution in [-0.2, 0) is 14.8 Å². The maximum Gasteiger partial charge on any atom is 0.243 e. The van der Waals surface area contributed by atoms with Crippen molar-refractivity contribution in [1.82, 2.24) is 4.31 Å². The summed E-state index contributed by atoms with van der Waals surface area (Å²) in [6.45, 7) is 5.91. The number of sulfonamides is 1. The highest BCUT2D eigenvalue weighted by Gasteiger charge is 2.22. The van der Waals surface area contributed by atoms with Crippen LogP contribution in [-0.4, -0.2) is 38.3 Å². The fraction of sp³-hybridized carbons (Fsp3) is 0.316. The molecule has 152 valence electrons. The van der Waals surface area contributed by atoms with Crippen LogP contribution in [0.3, 0.4) is 0 Å². The summed E-state index contributed by atoms with van der Waals surface area (Å²) < 4.78 is 39.8. The number of halogens is 2. The molecule has 0 aliphatic heterocycles. The molecule has 28 heavy (non-hydrogen) atoms. The molecule has 0 aliphatic carbocycles. The lowest BCUT2D eigenvalue weighted by Gasteiger charge is -2.19. The minimum atomic E-state index is -3.63. The van der Waals surface area contributed by atoms with Crippen LogP contribution < -0.4 is 10.6 Å². The molecule has 0 aliphatic rings. The number of carbonyl (C=O) groups excluding carboxylic acids is 1. The number of hydrogen-bond acceptors (Lipinski definition) is 4. The van der Waals surface area contributed by atoms with E-state index < -0.39 is 15.8 Å². The summed E-state index contributed by atoms with van der Waals surface area (Å²) in [5.41, 5.74) is 1.56. The Balaban J connectivity index is 2.14. The van der Waals surface area contributed by atoms with Crippen molar-refractivity contribution in [3.05, 3.63) is 52.8 Å². The highest BCUT2D eigenvalue weighted by molar-refractivity contribution is 7.89. The standard InChI is InChI=1S/C19H23ClFN3O3S/c1-4-24(5-2)28(26,27)15-8-6-13(3)18(11-15)23-19(25)12-22-17-9-7-14(21)10-16(17)20/h6-11,22H,4-5,12H2,1-3H3,(H,23,25). The minimum absolute atomic E-state index is 0.113. The quantitative estimate of drug-likeness (QED) is 0.670. The fourth-order valence-corrected chi connectivity index (χ4v) is 4.33. The Morgan fingerprint density at radius 1 is 1.11 bits per heavy atom. The van der Waals surface area contributed by atoms with Gasteiger partial charge in [-0.2, -0.15) is 4.31 Å². The Kier molecular flexibility index (Phi) is 7.40. The van der Waals surface area contributed by atoms with Gasteiger partial charge in [0.2, 0.25) is 15.9 Å². The molecule has 0 atom stereocenters. The second-order valence-electron chi connectivity index (χ2n) is 6.09. The van der Waals surface area contributed by atoms with Crippen LogP contribution in [0.1, 0.15) is 19.4 Å². The first kappa shape index (κ1) is 22.1. The van der Waals surface area contributed by atoms with Gasteiger partial charge in [-0.15, -0.1) is 0 Å². The average molecular weight is 428 g/mol. The summed E-state index contributed by atoms with van der Waals surface area (Å²) in [5, 5.41) is 5.68. The van der Waals surface area contributed by atoms with Crippen molar-refractivity contribution in [1.29, 1.82) is 0 Å². The highest BCUT2D eigenvalue weighted by Crippen LogP contribution is 2.24. The van der Waals surface area contributed by atoms with E-state index in [0.717, 1.165) is 11.6 Å². The average Bonchev–Trinajstić information content (AvgIpc) is 2.63. The van der Waals surface area contributed by atoms with Crippen molar-refractivity contribution in [2.45, 2.75) is 25.7 Å². The van der Waals surface area contributed by atoms with E-state index in [0.29, 0.717) is 24.5 Å². The van der Waals surface area contributed by atoms with E-state index >= 15 is 0 Å². The highest BCUT2D eigenvalue weighted by atomic mass is 35.5. The van der Waals surface area contributed by atoms with E-state index in [9.17, 15) is 17.6 Å². The summed E-state index contributed by atoms with van der Waals surface area (Å²) in [6.07, 6.45) is 0. The van der Waals surface area contributed by atoms with Crippen LogP contribution in [0.25, 0.3) is 0 Å². The van der Waals surface area contributed by atoms with Gasteiger partial charge >= 0.3 is 0 Å². The molecule has 0 fully saturated rings. The molecule has 2 N–H and O–H groups in total. The lowest BCUT2D eigenvalue weighted by Crippen LogP contribution is -2.30. The molecule has 2 aromatic carbocycles. The molecule has 0 bridgehead atoms. The molecule has 0 aromatic heterocycles. The number of nitrogens with zero attached hydrogens (tertiary/aromatic N) is 1. The van der Waals surface area contributed by atoms with Crippen LogP contribution in [0, 0.1) is 12.7 Å². The smallest absolute Gasteiger partial charge is 0.243 e. The Hall–Kier alpha value is -2.16. The van der Waals surface area contributed by atoms with E-state index in [2.05, 4.69) is 10.6 Å². The number of aryl methyl sites for hydroxylation is 1. The topological polar surface area (TPSA) is 78.5 Å². The van der Waals surface area contributed by atoms with Crippen molar-refractivity contribution in [3.8, 4) is 0 Å². The Morgan fingerprint density at radius 2 is 1.79 bits per heavy atom. The van der Waals surface area contributed by atoms with Crippen LogP contribution in [0.4, 0.5) is 15.8 Å². The fourth-order valence-electron chi connectivity index (χ4n) is 2.61. The number of carbonyl (C=O) groups is 1. The number of anilines is 2. The van der Waals surface area contributed by atoms with E-state index in [1.807, 2.05) is 0 Å². The van der Waals surface area contributed by atoms with Gasteiger partial charge in [0.05, 0.1) is 22.2 Å². The van der Waals surface area contributed by atoms with Crippen LogP contribution in [0.15, 0.2) is 41.3 Å². The van der Waals surface area contributed by atoms with Crippen LogP contribution in [0.5, 0.6) is 0 Å². The predicted molar refractivity (Wildman–Crippen MR) is 110 cm³/mol. The lowest BCUT2D eigenvalue weighted by molar-refractivity contribution is -0.114. The molecular formula is C19H23ClFN3O3S. The molecule has 9 heteroatoms. The molecule has 0 radical (unpaired) electrons. The van der Waals surface area contributed by atoms with Gasteiger partial charge in [-0.05, 0) is 42.8 Å². The van der Waals surface area contributed by atoms with Gasteiger partial charge in [-0.1, -0.05) is 31.5 Å². The third-order valence-electron chi connectivity index (χ3n) is 4.20. The largest absolute Gasteiger partial charge is 0.375 e. The van der Waals surface area contributed by atoms with Crippen molar-refractivity contribution in [2.24, 2.45) is 0 Å². The van der Waals surface area contributed by atoms with Gasteiger partial charge in [0.25, 0.3) is 0 Å². The molecule has 6 nitrogen and oxygen atoms in total. The van der Waals surface area contributed by atoms with Crippen LogP contribution in [0.2, 0.25) is 5.02 Å². The summed E-state index contributed by atoms with van der Waals surface area (Å²) >= 11 is 5.92. The first-order valence-electron chi connectivity index (χ1n) is 8.78. The van der Waals surface area contributed by atoms with Gasteiger partial charge in [0.1, 0.15) is 5.82 Å². The molecule has 1 amide bonds. The van der Waals surface area contributed by atoms with E-state index in [-0.39, 0.29) is 22.4 Å². The van der Waals surface area contributed by atoms with Crippen molar-refractivity contribution < 1.29 is 17.6 Å². The van der Waals surface area contributed by atoms with Crippen molar-refractivity contribution in [3.63, 3.8) is 0 Å². The van der Waals surface area contributed by atoms with E-state index in [1.165, 1.54) is 28.6 Å². The zero-order chi connectivity index (χ0) is 20.9. The van der Waals surface area contributed by atoms with Gasteiger partial charge in [0, 0.05) is 18.8 Å².